The fourth-order valence-corrected chi connectivity index (χ4v) is 7.94. The number of ether oxygens (including phenoxy) is 3. The number of unbranched alkanes of at least 4 members (excludes halogenated alkanes) is 19. The molecule has 0 radical (unpaired) electrons. The molecule has 1 unspecified atom stereocenters. The normalized spacial score (nSPS) is 13.1. The molecule has 0 aromatic heterocycles. The lowest BCUT2D eigenvalue weighted by atomic mass is 10.1. The lowest BCUT2D eigenvalue weighted by Gasteiger charge is -2.18. The number of esters is 3. The highest BCUT2D eigenvalue weighted by Crippen LogP contribution is 2.13. The maximum Gasteiger partial charge on any atom is 0.306 e. The van der Waals surface area contributed by atoms with Gasteiger partial charge in [-0.1, -0.05) is 244 Å². The van der Waals surface area contributed by atoms with Crippen molar-refractivity contribution < 1.29 is 28.6 Å². The first-order chi connectivity index (χ1) is 37.5. The first-order valence-corrected chi connectivity index (χ1v) is 30.8. The summed E-state index contributed by atoms with van der Waals surface area (Å²) in [5.74, 6) is -0.999. The summed E-state index contributed by atoms with van der Waals surface area (Å²) in [4.78, 5) is 38.2. The fraction of sp³-hybridized carbons (Fsp3) is 0.614. The standard InChI is InChI=1S/C70H112O6/c1-4-7-10-13-16-19-22-25-27-29-30-31-32-33-34-35-36-37-38-39-40-41-43-45-48-51-54-57-60-63-69(72)75-66-67(65-74-68(71)62-59-56-53-50-47-44-24-21-18-15-12-9-6-3)76-70(73)64-61-58-55-52-49-46-42-28-26-23-20-17-14-11-8-5-2/h7,10,16,19-21,23-25,27-28,30-31,33-34,36-37,39-40,42-43,45,51,54,67H,4-6,8-9,11-15,17-18,22,26,29,32,35,38,41,44,46-50,52-53,55-66H2,1-3H3/b10-7-,19-16-,23-20-,24-21-,27-25-,31-30-,34-33-,37-36-,40-39-,42-28-,45-43-,54-51-. The van der Waals surface area contributed by atoms with Gasteiger partial charge in [-0.3, -0.25) is 14.4 Å². The Labute approximate surface area is 467 Å². The summed E-state index contributed by atoms with van der Waals surface area (Å²) in [6.45, 7) is 6.42. The van der Waals surface area contributed by atoms with Crippen LogP contribution >= 0.6 is 0 Å². The second kappa shape index (κ2) is 62.8. The Bertz CT molecular complexity index is 1680. The van der Waals surface area contributed by atoms with Crippen LogP contribution in [0.5, 0.6) is 0 Å². The number of rotatable bonds is 54. The molecule has 1 atom stereocenters. The van der Waals surface area contributed by atoms with Gasteiger partial charge in [0.25, 0.3) is 0 Å². The molecule has 0 saturated carbocycles. The van der Waals surface area contributed by atoms with Crippen molar-refractivity contribution in [1.29, 1.82) is 0 Å². The molecule has 428 valence electrons. The van der Waals surface area contributed by atoms with Gasteiger partial charge in [-0.05, 0) is 141 Å². The third-order valence-electron chi connectivity index (χ3n) is 12.5. The zero-order valence-corrected chi connectivity index (χ0v) is 49.0. The molecule has 0 aliphatic rings. The van der Waals surface area contributed by atoms with Crippen molar-refractivity contribution in [2.45, 2.75) is 264 Å². The number of carbonyl (C=O) groups excluding carboxylic acids is 3. The molecule has 0 aromatic rings. The highest BCUT2D eigenvalue weighted by Gasteiger charge is 2.19. The van der Waals surface area contributed by atoms with Crippen LogP contribution in [0.15, 0.2) is 146 Å². The van der Waals surface area contributed by atoms with Crippen LogP contribution in [-0.2, 0) is 28.6 Å². The molecule has 0 fully saturated rings. The monoisotopic (exact) mass is 1050 g/mol. The summed E-state index contributed by atoms with van der Waals surface area (Å²) >= 11 is 0. The third kappa shape index (κ3) is 60.2. The molecule has 0 aliphatic heterocycles. The van der Waals surface area contributed by atoms with Crippen molar-refractivity contribution in [2.75, 3.05) is 13.2 Å². The summed E-state index contributed by atoms with van der Waals surface area (Å²) in [5, 5.41) is 0. The fourth-order valence-electron chi connectivity index (χ4n) is 7.94. The quantitative estimate of drug-likeness (QED) is 0.0261. The summed E-state index contributed by atoms with van der Waals surface area (Å²) < 4.78 is 16.8. The van der Waals surface area contributed by atoms with Gasteiger partial charge < -0.3 is 14.2 Å². The van der Waals surface area contributed by atoms with E-state index in [1.807, 2.05) is 0 Å². The van der Waals surface area contributed by atoms with E-state index in [0.29, 0.717) is 19.3 Å². The van der Waals surface area contributed by atoms with E-state index in [9.17, 15) is 14.4 Å². The molecule has 0 saturated heterocycles. The molecule has 76 heavy (non-hydrogen) atoms. The van der Waals surface area contributed by atoms with Crippen molar-refractivity contribution in [2.24, 2.45) is 0 Å². The van der Waals surface area contributed by atoms with Crippen LogP contribution in [0, 0.1) is 0 Å². The van der Waals surface area contributed by atoms with Gasteiger partial charge in [-0.2, -0.15) is 0 Å². The molecule has 0 heterocycles. The van der Waals surface area contributed by atoms with Gasteiger partial charge in [-0.25, -0.2) is 0 Å². The van der Waals surface area contributed by atoms with Crippen LogP contribution < -0.4 is 0 Å². The SMILES string of the molecule is CC/C=C\C/C=C\C/C=C\C/C=C\C/C=C\C/C=C\C/C=C\C/C=C\C/C=C\CCCC(=O)OCC(COC(=O)CCCCCCC/C=C\CCCCCC)OC(=O)CCCCCCC/C=C\C/C=C\CCCCCC. The van der Waals surface area contributed by atoms with E-state index in [4.69, 9.17) is 14.2 Å². The van der Waals surface area contributed by atoms with Gasteiger partial charge in [0, 0.05) is 19.3 Å². The number of hydrogen-bond donors (Lipinski definition) is 0. The Balaban J connectivity index is 4.47. The molecule has 0 N–H and O–H groups in total. The van der Waals surface area contributed by atoms with Gasteiger partial charge in [0.15, 0.2) is 6.10 Å². The van der Waals surface area contributed by atoms with Crippen LogP contribution in [0.25, 0.3) is 0 Å². The van der Waals surface area contributed by atoms with Crippen LogP contribution in [0.3, 0.4) is 0 Å². The summed E-state index contributed by atoms with van der Waals surface area (Å²) in [7, 11) is 0. The first kappa shape index (κ1) is 71.3. The molecular weight excluding hydrogens is 937 g/mol. The molecule has 0 bridgehead atoms. The number of allylic oxidation sites excluding steroid dienone is 24. The van der Waals surface area contributed by atoms with Gasteiger partial charge >= 0.3 is 17.9 Å². The van der Waals surface area contributed by atoms with Crippen LogP contribution in [0.1, 0.15) is 258 Å². The Morgan fingerprint density at radius 1 is 0.276 bits per heavy atom. The molecule has 6 nitrogen and oxygen atoms in total. The average molecular weight is 1050 g/mol. The molecule has 0 aromatic carbocycles. The zero-order valence-electron chi connectivity index (χ0n) is 49.0. The van der Waals surface area contributed by atoms with E-state index < -0.39 is 6.10 Å². The number of hydrogen-bond acceptors (Lipinski definition) is 6. The molecule has 0 aliphatic carbocycles. The van der Waals surface area contributed by atoms with Gasteiger partial charge in [-0.15, -0.1) is 0 Å². The van der Waals surface area contributed by atoms with Crippen molar-refractivity contribution in [3.05, 3.63) is 146 Å². The average Bonchev–Trinajstić information content (AvgIpc) is 3.42. The Kier molecular flexibility index (Phi) is 58.9. The highest BCUT2D eigenvalue weighted by atomic mass is 16.6. The van der Waals surface area contributed by atoms with E-state index in [1.54, 1.807) is 0 Å². The summed E-state index contributed by atoms with van der Waals surface area (Å²) in [5.41, 5.74) is 0. The maximum absolute atomic E-state index is 12.9. The van der Waals surface area contributed by atoms with Crippen molar-refractivity contribution in [1.82, 2.24) is 0 Å². The maximum atomic E-state index is 12.9. The molecular formula is C70H112O6. The third-order valence-corrected chi connectivity index (χ3v) is 12.5. The van der Waals surface area contributed by atoms with Gasteiger partial charge in [0.1, 0.15) is 13.2 Å². The largest absolute Gasteiger partial charge is 0.462 e. The van der Waals surface area contributed by atoms with Crippen molar-refractivity contribution in [3.8, 4) is 0 Å². The van der Waals surface area contributed by atoms with E-state index in [-0.39, 0.29) is 37.5 Å². The highest BCUT2D eigenvalue weighted by molar-refractivity contribution is 5.71. The lowest BCUT2D eigenvalue weighted by molar-refractivity contribution is -0.167. The van der Waals surface area contributed by atoms with Crippen LogP contribution in [0.2, 0.25) is 0 Å². The van der Waals surface area contributed by atoms with E-state index in [1.165, 1.54) is 70.6 Å². The van der Waals surface area contributed by atoms with Gasteiger partial charge in [0.2, 0.25) is 0 Å². The minimum Gasteiger partial charge on any atom is -0.462 e. The van der Waals surface area contributed by atoms with Crippen LogP contribution in [0.4, 0.5) is 0 Å². The molecule has 0 amide bonds. The number of carbonyl (C=O) groups is 3. The van der Waals surface area contributed by atoms with E-state index >= 15 is 0 Å². The minimum absolute atomic E-state index is 0.111. The Morgan fingerprint density at radius 2 is 0.526 bits per heavy atom. The van der Waals surface area contributed by atoms with Crippen molar-refractivity contribution in [3.63, 3.8) is 0 Å². The second-order valence-corrected chi connectivity index (χ2v) is 19.9. The summed E-state index contributed by atoms with van der Waals surface area (Å²) in [6.07, 6.45) is 89.9. The predicted octanol–water partition coefficient (Wildman–Crippen LogP) is 21.2. The first-order valence-electron chi connectivity index (χ1n) is 30.8. The smallest absolute Gasteiger partial charge is 0.306 e. The predicted molar refractivity (Wildman–Crippen MR) is 329 cm³/mol. The topological polar surface area (TPSA) is 78.9 Å². The van der Waals surface area contributed by atoms with Crippen molar-refractivity contribution >= 4 is 17.9 Å². The molecule has 0 spiro atoms. The zero-order chi connectivity index (χ0) is 55.0. The second-order valence-electron chi connectivity index (χ2n) is 19.9. The Hall–Kier alpha value is -4.71. The summed E-state index contributed by atoms with van der Waals surface area (Å²) in [6, 6.07) is 0. The Morgan fingerprint density at radius 3 is 0.868 bits per heavy atom. The van der Waals surface area contributed by atoms with E-state index in [0.717, 1.165) is 141 Å². The molecule has 0 rings (SSSR count). The molecule has 6 heteroatoms. The minimum atomic E-state index is -0.819. The van der Waals surface area contributed by atoms with E-state index in [2.05, 4.69) is 167 Å². The van der Waals surface area contributed by atoms with Crippen LogP contribution in [-0.4, -0.2) is 37.2 Å². The lowest BCUT2D eigenvalue weighted by Crippen LogP contribution is -2.30. The van der Waals surface area contributed by atoms with Gasteiger partial charge in [0.05, 0.1) is 0 Å².